The van der Waals surface area contributed by atoms with Crippen LogP contribution in [0.5, 0.6) is 11.6 Å². The molecule has 11 nitrogen and oxygen atoms in total. The number of nitrogens with zero attached hydrogens (tertiary/aromatic N) is 3. The predicted molar refractivity (Wildman–Crippen MR) is 121 cm³/mol. The van der Waals surface area contributed by atoms with Crippen molar-refractivity contribution >= 4 is 29.3 Å². The first-order valence-corrected chi connectivity index (χ1v) is 11.0. The molecule has 0 aliphatic heterocycles. The number of halogens is 2. The lowest BCUT2D eigenvalue weighted by Gasteiger charge is -2.27. The largest absolute Gasteiger partial charge is 0.494 e. The highest BCUT2D eigenvalue weighted by Crippen LogP contribution is 2.31. The molecule has 1 aromatic carbocycles. The molecule has 1 saturated carbocycles. The molecule has 2 N–H and O–H groups in total. The number of methoxy groups -OCH3 is 2. The van der Waals surface area contributed by atoms with Crippen molar-refractivity contribution in [2.75, 3.05) is 24.9 Å². The highest BCUT2D eigenvalue weighted by Gasteiger charge is 2.28. The zero-order valence-corrected chi connectivity index (χ0v) is 19.4. The van der Waals surface area contributed by atoms with E-state index in [0.29, 0.717) is 31.6 Å². The molecule has 3 aromatic rings. The lowest BCUT2D eigenvalue weighted by molar-refractivity contribution is -0.147. The fourth-order valence-corrected chi connectivity index (χ4v) is 3.74. The third kappa shape index (κ3) is 5.85. The summed E-state index contributed by atoms with van der Waals surface area (Å²) in [5.74, 6) is -2.91. The first kappa shape index (κ1) is 24.8. The van der Waals surface area contributed by atoms with Gasteiger partial charge in [-0.1, -0.05) is 5.10 Å². The van der Waals surface area contributed by atoms with Gasteiger partial charge in [-0.3, -0.25) is 9.59 Å². The molecule has 2 aromatic heterocycles. The van der Waals surface area contributed by atoms with Crippen molar-refractivity contribution in [3.63, 3.8) is 0 Å². The Kier molecular flexibility index (Phi) is 7.56. The number of amides is 1. The fourth-order valence-electron chi connectivity index (χ4n) is 3.74. The quantitative estimate of drug-likeness (QED) is 0.436. The number of rotatable bonds is 8. The molecule has 0 unspecified atom stereocenters. The van der Waals surface area contributed by atoms with Crippen LogP contribution in [0.1, 0.15) is 36.4 Å². The Morgan fingerprint density at radius 3 is 2.53 bits per heavy atom. The number of carbonyl (C=O) groups is 2. The summed E-state index contributed by atoms with van der Waals surface area (Å²) in [6, 6.07) is 4.45. The molecule has 1 aliphatic carbocycles. The molecular weight excluding hydrogens is 480 g/mol. The lowest BCUT2D eigenvalue weighted by atomic mass is 9.87. The van der Waals surface area contributed by atoms with Gasteiger partial charge >= 0.3 is 23.8 Å². The van der Waals surface area contributed by atoms with Crippen molar-refractivity contribution in [1.29, 1.82) is 0 Å². The molecule has 1 aliphatic rings. The maximum atomic E-state index is 13.4. The highest BCUT2D eigenvalue weighted by molar-refractivity contribution is 6.01. The monoisotopic (exact) mass is 503 g/mol. The molecule has 0 radical (unpaired) electrons. The lowest BCUT2D eigenvalue weighted by Crippen LogP contribution is -2.28. The molecule has 0 spiro atoms. The van der Waals surface area contributed by atoms with Gasteiger partial charge < -0.3 is 29.3 Å². The zero-order chi connectivity index (χ0) is 25.7. The van der Waals surface area contributed by atoms with Gasteiger partial charge in [0.2, 0.25) is 5.88 Å². The summed E-state index contributed by atoms with van der Waals surface area (Å²) in [6.45, 7) is 0. The van der Waals surface area contributed by atoms with Gasteiger partial charge in [0.25, 0.3) is 0 Å². The average molecular weight is 503 g/mol. The van der Waals surface area contributed by atoms with Crippen molar-refractivity contribution in [3.05, 3.63) is 48.0 Å². The Labute approximate surface area is 204 Å². The topological polar surface area (TPSA) is 138 Å². The molecule has 1 amide bonds. The summed E-state index contributed by atoms with van der Waals surface area (Å²) < 4.78 is 47.7. The second-order valence-corrected chi connectivity index (χ2v) is 7.96. The number of hydrogen-bond donors (Lipinski definition) is 2. The summed E-state index contributed by atoms with van der Waals surface area (Å²) in [4.78, 5) is 28.5. The smallest absolute Gasteiger partial charge is 0.320 e. The van der Waals surface area contributed by atoms with Crippen molar-refractivity contribution < 1.29 is 37.0 Å². The van der Waals surface area contributed by atoms with Crippen molar-refractivity contribution in [2.24, 2.45) is 5.92 Å². The Morgan fingerprint density at radius 2 is 1.83 bits per heavy atom. The van der Waals surface area contributed by atoms with E-state index in [1.165, 1.54) is 32.5 Å². The van der Waals surface area contributed by atoms with Crippen LogP contribution in [-0.4, -0.2) is 47.4 Å². The van der Waals surface area contributed by atoms with Crippen LogP contribution in [0.25, 0.3) is 0 Å². The van der Waals surface area contributed by atoms with Gasteiger partial charge in [-0.25, -0.2) is 13.8 Å². The minimum Gasteiger partial charge on any atom is -0.494 e. The molecule has 2 heterocycles. The second-order valence-electron chi connectivity index (χ2n) is 7.96. The van der Waals surface area contributed by atoms with Crippen LogP contribution < -0.4 is 20.1 Å². The van der Waals surface area contributed by atoms with E-state index < -0.39 is 17.5 Å². The summed E-state index contributed by atoms with van der Waals surface area (Å²) in [6.07, 6.45) is 3.95. The molecule has 190 valence electrons. The maximum Gasteiger partial charge on any atom is 0.320 e. The van der Waals surface area contributed by atoms with Crippen molar-refractivity contribution in [3.8, 4) is 11.6 Å². The third-order valence-corrected chi connectivity index (χ3v) is 5.60. The van der Waals surface area contributed by atoms with Crippen LogP contribution in [0.4, 0.5) is 26.2 Å². The number of nitrogens with one attached hydrogen (secondary N) is 2. The Bertz CT molecular complexity index is 1250. The average Bonchev–Trinajstić information content (AvgIpc) is 3.35. The van der Waals surface area contributed by atoms with E-state index in [1.54, 1.807) is 0 Å². The molecule has 13 heteroatoms. The van der Waals surface area contributed by atoms with E-state index in [4.69, 9.17) is 18.6 Å². The van der Waals surface area contributed by atoms with Crippen LogP contribution in [-0.2, 0) is 9.53 Å². The fraction of sp³-hybridized carbons (Fsp3) is 0.348. The first-order chi connectivity index (χ1) is 17.4. The molecule has 36 heavy (non-hydrogen) atoms. The van der Waals surface area contributed by atoms with E-state index in [2.05, 4.69) is 25.8 Å². The predicted octanol–water partition coefficient (Wildman–Crippen LogP) is 3.86. The van der Waals surface area contributed by atoms with E-state index >= 15 is 0 Å². The Morgan fingerprint density at radius 1 is 1.06 bits per heavy atom. The van der Waals surface area contributed by atoms with Gasteiger partial charge in [0.15, 0.2) is 11.6 Å². The number of benzene rings is 1. The van der Waals surface area contributed by atoms with Gasteiger partial charge in [-0.05, 0) is 37.8 Å². The number of aromatic nitrogens is 3. The molecule has 0 saturated heterocycles. The van der Waals surface area contributed by atoms with E-state index in [9.17, 15) is 18.4 Å². The highest BCUT2D eigenvalue weighted by atomic mass is 19.2. The molecule has 0 bridgehead atoms. The summed E-state index contributed by atoms with van der Waals surface area (Å²) in [5.41, 5.74) is 0.391. The van der Waals surface area contributed by atoms with Crippen LogP contribution in [0.2, 0.25) is 0 Å². The molecule has 1 fully saturated rings. The van der Waals surface area contributed by atoms with Crippen LogP contribution in [0, 0.1) is 17.6 Å². The number of carbonyl (C=O) groups excluding carboxylic acids is 2. The SMILES string of the molecule is COC(=O)C1CCC(Oc2cc(OC)c(NC(=O)c3nnc(Nc4ccc(F)c(F)c4)o3)cn2)CC1. The number of pyridine rings is 1. The maximum absolute atomic E-state index is 13.4. The van der Waals surface area contributed by atoms with Gasteiger partial charge in [-0.15, -0.1) is 5.10 Å². The number of ether oxygens (including phenoxy) is 3. The van der Waals surface area contributed by atoms with Crippen molar-refractivity contribution in [2.45, 2.75) is 31.8 Å². The number of esters is 1. The van der Waals surface area contributed by atoms with Gasteiger partial charge in [0.05, 0.1) is 26.3 Å². The van der Waals surface area contributed by atoms with Crippen LogP contribution in [0.3, 0.4) is 0 Å². The third-order valence-electron chi connectivity index (χ3n) is 5.60. The summed E-state index contributed by atoms with van der Waals surface area (Å²) >= 11 is 0. The van der Waals surface area contributed by atoms with Gasteiger partial charge in [0, 0.05) is 17.8 Å². The van der Waals surface area contributed by atoms with Gasteiger partial charge in [0.1, 0.15) is 17.5 Å². The van der Waals surface area contributed by atoms with Crippen LogP contribution >= 0.6 is 0 Å². The van der Waals surface area contributed by atoms with E-state index in [1.807, 2.05) is 0 Å². The van der Waals surface area contributed by atoms with Crippen molar-refractivity contribution in [1.82, 2.24) is 15.2 Å². The zero-order valence-electron chi connectivity index (χ0n) is 19.4. The normalized spacial score (nSPS) is 17.2. The molecular formula is C23H23F2N5O6. The van der Waals surface area contributed by atoms with Gasteiger partial charge in [-0.2, -0.15) is 0 Å². The first-order valence-electron chi connectivity index (χ1n) is 11.0. The number of hydrogen-bond acceptors (Lipinski definition) is 10. The number of anilines is 3. The minimum atomic E-state index is -1.06. The molecule has 4 rings (SSSR count). The minimum absolute atomic E-state index is 0.109. The second kappa shape index (κ2) is 11.0. The van der Waals surface area contributed by atoms with Crippen LogP contribution in [0.15, 0.2) is 34.9 Å². The van der Waals surface area contributed by atoms with E-state index in [0.717, 1.165) is 12.1 Å². The Balaban J connectivity index is 1.36. The standard InChI is InChI=1S/C23H23F2N5O6/c1-33-18-10-19(35-14-6-3-12(4-7-14)22(32)34-2)26-11-17(18)28-20(31)21-29-30-23(36-21)27-13-5-8-15(24)16(25)9-13/h5,8-12,14H,3-4,6-7H2,1-2H3,(H,27,30)(H,28,31). The van der Waals surface area contributed by atoms with E-state index in [-0.39, 0.29) is 47.0 Å². The molecule has 0 atom stereocenters. The summed E-state index contributed by atoms with van der Waals surface area (Å²) in [7, 11) is 2.80. The Hall–Kier alpha value is -4.29. The summed E-state index contributed by atoms with van der Waals surface area (Å²) in [5, 5.41) is 12.5.